The van der Waals surface area contributed by atoms with Gasteiger partial charge in [0.05, 0.1) is 36.5 Å². The first kappa shape index (κ1) is 8.22. The topological polar surface area (TPSA) is 47.3 Å². The molecule has 2 rings (SSSR count). The summed E-state index contributed by atoms with van der Waals surface area (Å²) in [6, 6.07) is 0. The van der Waals surface area contributed by atoms with Crippen LogP contribution in [-0.4, -0.2) is 21.5 Å². The second-order valence-corrected chi connectivity index (χ2v) is 3.43. The summed E-state index contributed by atoms with van der Waals surface area (Å²) in [7, 11) is 0. The van der Waals surface area contributed by atoms with E-state index in [2.05, 4.69) is 21.0 Å². The molecule has 0 aliphatic carbocycles. The predicted octanol–water partition coefficient (Wildman–Crippen LogP) is 0.668. The summed E-state index contributed by atoms with van der Waals surface area (Å²) in [6.45, 7) is 2.02. The van der Waals surface area contributed by atoms with Gasteiger partial charge in [-0.3, -0.25) is 4.68 Å². The van der Waals surface area contributed by atoms with Crippen LogP contribution in [0.25, 0.3) is 0 Å². The van der Waals surface area contributed by atoms with E-state index in [9.17, 15) is 0 Å². The molecule has 5 heteroatoms. The van der Waals surface area contributed by atoms with Crippen molar-refractivity contribution < 1.29 is 9.84 Å². The monoisotopic (exact) mass is 232 g/mol. The second kappa shape index (κ2) is 3.16. The zero-order chi connectivity index (χ0) is 8.55. The Morgan fingerprint density at radius 2 is 2.50 bits per heavy atom. The van der Waals surface area contributed by atoms with Gasteiger partial charge in [0, 0.05) is 0 Å². The molecule has 1 N–H and O–H groups in total. The second-order valence-electron chi connectivity index (χ2n) is 2.64. The van der Waals surface area contributed by atoms with Crippen LogP contribution < -0.4 is 0 Å². The van der Waals surface area contributed by atoms with Crippen LogP contribution in [0.3, 0.4) is 0 Å². The fourth-order valence-corrected chi connectivity index (χ4v) is 1.80. The largest absolute Gasteiger partial charge is 0.390 e. The number of aliphatic hydroxyl groups excluding tert-OH is 1. The average Bonchev–Trinajstić information content (AvgIpc) is 2.44. The molecule has 66 valence electrons. The van der Waals surface area contributed by atoms with Gasteiger partial charge in [-0.25, -0.2) is 0 Å². The van der Waals surface area contributed by atoms with E-state index in [0.29, 0.717) is 18.9 Å². The van der Waals surface area contributed by atoms with Crippen LogP contribution in [0.1, 0.15) is 11.4 Å². The number of halogens is 1. The maximum Gasteiger partial charge on any atom is 0.102 e. The van der Waals surface area contributed by atoms with Gasteiger partial charge in [-0.1, -0.05) is 0 Å². The van der Waals surface area contributed by atoms with Crippen LogP contribution in [0.2, 0.25) is 0 Å². The van der Waals surface area contributed by atoms with E-state index in [1.54, 1.807) is 0 Å². The summed E-state index contributed by atoms with van der Waals surface area (Å²) in [4.78, 5) is 0. The van der Waals surface area contributed by atoms with Gasteiger partial charge >= 0.3 is 0 Å². The molecule has 0 fully saturated rings. The quantitative estimate of drug-likeness (QED) is 0.775. The first-order chi connectivity index (χ1) is 5.83. The third-order valence-electron chi connectivity index (χ3n) is 1.90. The van der Waals surface area contributed by atoms with Crippen molar-refractivity contribution in [2.75, 3.05) is 6.61 Å². The smallest absolute Gasteiger partial charge is 0.102 e. The van der Waals surface area contributed by atoms with E-state index >= 15 is 0 Å². The van der Waals surface area contributed by atoms with Crippen LogP contribution in [0.5, 0.6) is 0 Å². The fourth-order valence-electron chi connectivity index (χ4n) is 1.27. The fraction of sp³-hybridized carbons (Fsp3) is 0.571. The normalized spacial score (nSPS) is 16.2. The van der Waals surface area contributed by atoms with Gasteiger partial charge in [0.15, 0.2) is 0 Å². The number of aromatic nitrogens is 2. The van der Waals surface area contributed by atoms with Crippen molar-refractivity contribution in [1.29, 1.82) is 0 Å². The number of ether oxygens (including phenoxy) is 1. The van der Waals surface area contributed by atoms with Crippen LogP contribution in [-0.2, 0) is 24.5 Å². The van der Waals surface area contributed by atoms with Gasteiger partial charge in [-0.05, 0) is 15.9 Å². The molecular formula is C7H9BrN2O2. The van der Waals surface area contributed by atoms with Crippen molar-refractivity contribution in [1.82, 2.24) is 9.78 Å². The van der Waals surface area contributed by atoms with Crippen LogP contribution in [0.15, 0.2) is 4.47 Å². The molecule has 0 saturated carbocycles. The Hall–Kier alpha value is -0.390. The molecule has 0 unspecified atom stereocenters. The molecule has 1 aliphatic heterocycles. The minimum Gasteiger partial charge on any atom is -0.390 e. The van der Waals surface area contributed by atoms with E-state index in [-0.39, 0.29) is 6.61 Å². The third kappa shape index (κ3) is 1.18. The molecule has 12 heavy (non-hydrogen) atoms. The molecule has 0 spiro atoms. The van der Waals surface area contributed by atoms with E-state index in [4.69, 9.17) is 9.84 Å². The van der Waals surface area contributed by atoms with Crippen molar-refractivity contribution >= 4 is 15.9 Å². The Labute approximate surface area is 78.3 Å². The van der Waals surface area contributed by atoms with Gasteiger partial charge in [0.1, 0.15) is 5.69 Å². The van der Waals surface area contributed by atoms with Crippen LogP contribution >= 0.6 is 15.9 Å². The lowest BCUT2D eigenvalue weighted by Crippen LogP contribution is -2.17. The van der Waals surface area contributed by atoms with Gasteiger partial charge in [-0.2, -0.15) is 5.10 Å². The van der Waals surface area contributed by atoms with Gasteiger partial charge in [-0.15, -0.1) is 0 Å². The number of hydrogen-bond donors (Lipinski definition) is 1. The molecule has 0 radical (unpaired) electrons. The molecule has 0 atom stereocenters. The lowest BCUT2D eigenvalue weighted by molar-refractivity contribution is 0.0794. The molecule has 4 nitrogen and oxygen atoms in total. The lowest BCUT2D eigenvalue weighted by atomic mass is 10.3. The van der Waals surface area contributed by atoms with Crippen molar-refractivity contribution in [2.24, 2.45) is 0 Å². The number of nitrogens with zero attached hydrogens (tertiary/aromatic N) is 2. The molecule has 0 aromatic carbocycles. The molecule has 1 aromatic rings. The number of aliphatic hydroxyl groups is 1. The highest BCUT2D eigenvalue weighted by molar-refractivity contribution is 9.10. The SMILES string of the molecule is OCc1nn2c(c1Br)COCC2. The highest BCUT2D eigenvalue weighted by Gasteiger charge is 2.17. The highest BCUT2D eigenvalue weighted by atomic mass is 79.9. The van der Waals surface area contributed by atoms with E-state index in [0.717, 1.165) is 16.7 Å². The molecular weight excluding hydrogens is 224 g/mol. The van der Waals surface area contributed by atoms with Crippen molar-refractivity contribution in [3.63, 3.8) is 0 Å². The zero-order valence-corrected chi connectivity index (χ0v) is 8.04. The summed E-state index contributed by atoms with van der Waals surface area (Å²) in [5.41, 5.74) is 1.71. The Kier molecular flexibility index (Phi) is 2.16. The third-order valence-corrected chi connectivity index (χ3v) is 2.81. The first-order valence-electron chi connectivity index (χ1n) is 3.75. The van der Waals surface area contributed by atoms with E-state index in [1.165, 1.54) is 0 Å². The summed E-state index contributed by atoms with van der Waals surface area (Å²) < 4.78 is 8.02. The van der Waals surface area contributed by atoms with Crippen molar-refractivity contribution in [3.05, 3.63) is 15.9 Å². The highest BCUT2D eigenvalue weighted by Crippen LogP contribution is 2.24. The molecule has 0 amide bonds. The minimum absolute atomic E-state index is 0.0272. The standard InChI is InChI=1S/C7H9BrN2O2/c8-7-5(3-11)9-10-1-2-12-4-6(7)10/h11H,1-4H2. The summed E-state index contributed by atoms with van der Waals surface area (Å²) >= 11 is 3.37. The molecule has 0 bridgehead atoms. The zero-order valence-electron chi connectivity index (χ0n) is 6.46. The van der Waals surface area contributed by atoms with E-state index in [1.807, 2.05) is 4.68 Å². The molecule has 1 aliphatic rings. The van der Waals surface area contributed by atoms with E-state index < -0.39 is 0 Å². The summed E-state index contributed by atoms with van der Waals surface area (Å²) in [5.74, 6) is 0. The maximum absolute atomic E-state index is 8.92. The maximum atomic E-state index is 8.92. The Morgan fingerprint density at radius 3 is 3.17 bits per heavy atom. The van der Waals surface area contributed by atoms with Gasteiger partial charge in [0.2, 0.25) is 0 Å². The summed E-state index contributed by atoms with van der Waals surface area (Å²) in [5, 5.41) is 13.1. The summed E-state index contributed by atoms with van der Waals surface area (Å²) in [6.07, 6.45) is 0. The minimum atomic E-state index is -0.0272. The van der Waals surface area contributed by atoms with Crippen LogP contribution in [0.4, 0.5) is 0 Å². The lowest BCUT2D eigenvalue weighted by Gasteiger charge is -2.13. The van der Waals surface area contributed by atoms with Gasteiger partial charge in [0.25, 0.3) is 0 Å². The predicted molar refractivity (Wildman–Crippen MR) is 45.5 cm³/mol. The molecule has 2 heterocycles. The molecule has 1 aromatic heterocycles. The van der Waals surface area contributed by atoms with Gasteiger partial charge < -0.3 is 9.84 Å². The average molecular weight is 233 g/mol. The van der Waals surface area contributed by atoms with Crippen molar-refractivity contribution in [3.8, 4) is 0 Å². The Morgan fingerprint density at radius 1 is 1.67 bits per heavy atom. The Bertz CT molecular complexity index is 298. The number of rotatable bonds is 1. The molecule has 0 saturated heterocycles. The van der Waals surface area contributed by atoms with Crippen LogP contribution in [0, 0.1) is 0 Å². The first-order valence-corrected chi connectivity index (χ1v) is 4.55. The number of fused-ring (bicyclic) bond motifs is 1. The number of hydrogen-bond acceptors (Lipinski definition) is 3. The van der Waals surface area contributed by atoms with Crippen molar-refractivity contribution in [2.45, 2.75) is 19.8 Å². The Balaban J connectivity index is 2.44.